The Kier molecular flexibility index (Phi) is 3.70. The van der Waals surface area contributed by atoms with E-state index in [9.17, 15) is 4.79 Å². The molecule has 0 unspecified atom stereocenters. The van der Waals surface area contributed by atoms with Crippen LogP contribution >= 0.6 is 0 Å². The molecule has 0 aliphatic carbocycles. The Morgan fingerprint density at radius 3 is 2.75 bits per heavy atom. The molecule has 0 saturated carbocycles. The van der Waals surface area contributed by atoms with Crippen LogP contribution in [0.4, 0.5) is 0 Å². The molecule has 90 valence electrons. The van der Waals surface area contributed by atoms with Crippen LogP contribution in [0.1, 0.15) is 37.0 Å². The van der Waals surface area contributed by atoms with Crippen molar-refractivity contribution in [2.24, 2.45) is 5.73 Å². The van der Waals surface area contributed by atoms with E-state index >= 15 is 0 Å². The first-order valence-electron chi connectivity index (χ1n) is 5.45. The average molecular weight is 224 g/mol. The van der Waals surface area contributed by atoms with Gasteiger partial charge < -0.3 is 11.1 Å². The Morgan fingerprint density at radius 1 is 1.62 bits per heavy atom. The van der Waals surface area contributed by atoms with Crippen molar-refractivity contribution in [2.75, 3.05) is 6.54 Å². The zero-order valence-electron chi connectivity index (χ0n) is 10.4. The van der Waals surface area contributed by atoms with Crippen molar-refractivity contribution in [1.82, 2.24) is 15.1 Å². The minimum Gasteiger partial charge on any atom is -0.349 e. The Bertz CT molecular complexity index is 376. The van der Waals surface area contributed by atoms with E-state index in [0.717, 1.165) is 5.69 Å². The van der Waals surface area contributed by atoms with Gasteiger partial charge in [-0.25, -0.2) is 0 Å². The standard InChI is InChI=1S/C11H20N4O/c1-5-15-9(6-8(2)14-15)10(16)13-7-11(3,4)12/h6H,5,7,12H2,1-4H3,(H,13,16). The van der Waals surface area contributed by atoms with Crippen molar-refractivity contribution >= 4 is 5.91 Å². The van der Waals surface area contributed by atoms with Crippen LogP contribution < -0.4 is 11.1 Å². The number of nitrogens with two attached hydrogens (primary N) is 1. The second-order valence-electron chi connectivity index (χ2n) is 4.66. The lowest BCUT2D eigenvalue weighted by atomic mass is 10.1. The highest BCUT2D eigenvalue weighted by atomic mass is 16.2. The molecule has 3 N–H and O–H groups in total. The second kappa shape index (κ2) is 4.65. The average Bonchev–Trinajstić information content (AvgIpc) is 2.55. The molecule has 0 aromatic carbocycles. The number of carbonyl (C=O) groups is 1. The number of nitrogens with one attached hydrogen (secondary N) is 1. The van der Waals surface area contributed by atoms with Crippen LogP contribution in [-0.2, 0) is 6.54 Å². The summed E-state index contributed by atoms with van der Waals surface area (Å²) in [6, 6.07) is 1.78. The summed E-state index contributed by atoms with van der Waals surface area (Å²) in [5, 5.41) is 7.02. The summed E-state index contributed by atoms with van der Waals surface area (Å²) in [5.74, 6) is -0.124. The molecule has 0 bridgehead atoms. The first-order valence-corrected chi connectivity index (χ1v) is 5.45. The SMILES string of the molecule is CCn1nc(C)cc1C(=O)NCC(C)(C)N. The second-order valence-corrected chi connectivity index (χ2v) is 4.66. The molecule has 0 radical (unpaired) electrons. The van der Waals surface area contributed by atoms with E-state index in [0.29, 0.717) is 18.8 Å². The molecule has 0 aliphatic rings. The van der Waals surface area contributed by atoms with Gasteiger partial charge in [-0.15, -0.1) is 0 Å². The lowest BCUT2D eigenvalue weighted by Gasteiger charge is -2.18. The van der Waals surface area contributed by atoms with Gasteiger partial charge in [0.05, 0.1) is 5.69 Å². The monoisotopic (exact) mass is 224 g/mol. The molecule has 0 atom stereocenters. The van der Waals surface area contributed by atoms with Gasteiger partial charge in [0, 0.05) is 18.6 Å². The number of amides is 1. The number of aromatic nitrogens is 2. The highest BCUT2D eigenvalue weighted by molar-refractivity contribution is 5.92. The van der Waals surface area contributed by atoms with Crippen molar-refractivity contribution in [1.29, 1.82) is 0 Å². The summed E-state index contributed by atoms with van der Waals surface area (Å²) in [7, 11) is 0. The van der Waals surface area contributed by atoms with Gasteiger partial charge in [-0.3, -0.25) is 9.48 Å². The molecule has 1 amide bonds. The molecular formula is C11H20N4O. The maximum absolute atomic E-state index is 11.9. The summed E-state index contributed by atoms with van der Waals surface area (Å²) in [4.78, 5) is 11.9. The first kappa shape index (κ1) is 12.7. The van der Waals surface area contributed by atoms with Gasteiger partial charge in [0.2, 0.25) is 0 Å². The zero-order valence-corrected chi connectivity index (χ0v) is 10.4. The van der Waals surface area contributed by atoms with Gasteiger partial charge in [0.25, 0.3) is 5.91 Å². The molecule has 0 aliphatic heterocycles. The predicted octanol–water partition coefficient (Wildman–Crippen LogP) is 0.679. The van der Waals surface area contributed by atoms with E-state index in [1.807, 2.05) is 27.7 Å². The van der Waals surface area contributed by atoms with E-state index in [-0.39, 0.29) is 5.91 Å². The van der Waals surface area contributed by atoms with E-state index in [4.69, 9.17) is 5.73 Å². The van der Waals surface area contributed by atoms with Crippen LogP contribution in [0.2, 0.25) is 0 Å². The van der Waals surface area contributed by atoms with E-state index in [1.54, 1.807) is 10.7 Å². The van der Waals surface area contributed by atoms with Gasteiger partial charge >= 0.3 is 0 Å². The quantitative estimate of drug-likeness (QED) is 0.790. The molecule has 0 saturated heterocycles. The Balaban J connectivity index is 2.73. The van der Waals surface area contributed by atoms with Crippen LogP contribution in [0, 0.1) is 6.92 Å². The third-order valence-corrected chi connectivity index (χ3v) is 2.14. The summed E-state index contributed by atoms with van der Waals surface area (Å²) >= 11 is 0. The summed E-state index contributed by atoms with van der Waals surface area (Å²) in [6.07, 6.45) is 0. The van der Waals surface area contributed by atoms with Gasteiger partial charge in [0.15, 0.2) is 0 Å². The van der Waals surface area contributed by atoms with Crippen molar-refractivity contribution in [3.05, 3.63) is 17.5 Å². The predicted molar refractivity (Wildman–Crippen MR) is 63.2 cm³/mol. The molecule has 1 heterocycles. The van der Waals surface area contributed by atoms with Crippen LogP contribution in [0.3, 0.4) is 0 Å². The van der Waals surface area contributed by atoms with Crippen molar-refractivity contribution in [3.63, 3.8) is 0 Å². The third kappa shape index (κ3) is 3.34. The fraction of sp³-hybridized carbons (Fsp3) is 0.636. The fourth-order valence-corrected chi connectivity index (χ4v) is 1.37. The lowest BCUT2D eigenvalue weighted by Crippen LogP contribution is -2.45. The molecule has 5 nitrogen and oxygen atoms in total. The minimum atomic E-state index is -0.401. The number of hydrogen-bond donors (Lipinski definition) is 2. The zero-order chi connectivity index (χ0) is 12.3. The smallest absolute Gasteiger partial charge is 0.269 e. The lowest BCUT2D eigenvalue weighted by molar-refractivity contribution is 0.0935. The minimum absolute atomic E-state index is 0.124. The summed E-state index contributed by atoms with van der Waals surface area (Å²) in [5.41, 5.74) is 6.83. The normalized spacial score (nSPS) is 11.6. The molecule has 1 aromatic rings. The molecule has 0 spiro atoms. The number of aryl methyl sites for hydroxylation is 2. The Labute approximate surface area is 96.0 Å². The number of nitrogens with zero attached hydrogens (tertiary/aromatic N) is 2. The molecule has 1 aromatic heterocycles. The summed E-state index contributed by atoms with van der Waals surface area (Å²) < 4.78 is 1.69. The van der Waals surface area contributed by atoms with E-state index in [2.05, 4.69) is 10.4 Å². The third-order valence-electron chi connectivity index (χ3n) is 2.14. The first-order chi connectivity index (χ1) is 7.33. The number of rotatable bonds is 4. The number of hydrogen-bond acceptors (Lipinski definition) is 3. The van der Waals surface area contributed by atoms with Crippen molar-refractivity contribution in [3.8, 4) is 0 Å². The largest absolute Gasteiger partial charge is 0.349 e. The maximum Gasteiger partial charge on any atom is 0.269 e. The van der Waals surface area contributed by atoms with E-state index < -0.39 is 5.54 Å². The highest BCUT2D eigenvalue weighted by Crippen LogP contribution is 2.04. The molecule has 0 fully saturated rings. The summed E-state index contributed by atoms with van der Waals surface area (Å²) in [6.45, 7) is 8.69. The molecule has 16 heavy (non-hydrogen) atoms. The fourth-order valence-electron chi connectivity index (χ4n) is 1.37. The topological polar surface area (TPSA) is 72.9 Å². The number of carbonyl (C=O) groups excluding carboxylic acids is 1. The molecular weight excluding hydrogens is 204 g/mol. The van der Waals surface area contributed by atoms with Gasteiger partial charge in [-0.2, -0.15) is 5.10 Å². The molecule has 1 rings (SSSR count). The van der Waals surface area contributed by atoms with Crippen LogP contribution in [0.15, 0.2) is 6.07 Å². The van der Waals surface area contributed by atoms with Gasteiger partial charge in [-0.1, -0.05) is 0 Å². The van der Waals surface area contributed by atoms with Crippen molar-refractivity contribution < 1.29 is 4.79 Å². The Morgan fingerprint density at radius 2 is 2.25 bits per heavy atom. The van der Waals surface area contributed by atoms with Crippen LogP contribution in [-0.4, -0.2) is 27.8 Å². The Hall–Kier alpha value is -1.36. The van der Waals surface area contributed by atoms with E-state index in [1.165, 1.54) is 0 Å². The van der Waals surface area contributed by atoms with Gasteiger partial charge in [-0.05, 0) is 33.8 Å². The van der Waals surface area contributed by atoms with Crippen LogP contribution in [0.25, 0.3) is 0 Å². The molecule has 5 heteroatoms. The van der Waals surface area contributed by atoms with Gasteiger partial charge in [0.1, 0.15) is 5.69 Å². The van der Waals surface area contributed by atoms with Crippen molar-refractivity contribution in [2.45, 2.75) is 39.8 Å². The maximum atomic E-state index is 11.9. The van der Waals surface area contributed by atoms with Crippen LogP contribution in [0.5, 0.6) is 0 Å². The highest BCUT2D eigenvalue weighted by Gasteiger charge is 2.16.